The van der Waals surface area contributed by atoms with Gasteiger partial charge in [0, 0.05) is 18.9 Å². The van der Waals surface area contributed by atoms with Gasteiger partial charge in [0.1, 0.15) is 5.75 Å². The summed E-state index contributed by atoms with van der Waals surface area (Å²) in [4.78, 5) is 18.6. The highest BCUT2D eigenvalue weighted by Crippen LogP contribution is 2.23. The molecule has 0 aliphatic carbocycles. The first-order valence-electron chi connectivity index (χ1n) is 8.35. The van der Waals surface area contributed by atoms with Crippen LogP contribution in [0.3, 0.4) is 0 Å². The second-order valence-electron chi connectivity index (χ2n) is 6.23. The molecule has 2 aromatic rings. The number of amides is 1. The zero-order chi connectivity index (χ0) is 16.8. The molecule has 6 heteroatoms. The van der Waals surface area contributed by atoms with E-state index in [-0.39, 0.29) is 5.91 Å². The van der Waals surface area contributed by atoms with E-state index in [4.69, 9.17) is 4.74 Å². The Bertz CT molecular complexity index is 649. The maximum absolute atomic E-state index is 12.3. The Hall–Kier alpha value is -2.34. The van der Waals surface area contributed by atoms with E-state index in [0.29, 0.717) is 18.2 Å². The lowest BCUT2D eigenvalue weighted by molar-refractivity contribution is -0.117. The molecule has 1 fully saturated rings. The zero-order valence-corrected chi connectivity index (χ0v) is 14.0. The number of para-hydroxylation sites is 2. The van der Waals surface area contributed by atoms with E-state index in [1.165, 1.54) is 0 Å². The molecule has 1 aliphatic heterocycles. The summed E-state index contributed by atoms with van der Waals surface area (Å²) in [5.74, 6) is 1.35. The molecule has 1 saturated heterocycles. The highest BCUT2D eigenvalue weighted by molar-refractivity contribution is 5.93. The minimum absolute atomic E-state index is 0.00700. The van der Waals surface area contributed by atoms with Gasteiger partial charge < -0.3 is 14.6 Å². The van der Waals surface area contributed by atoms with Gasteiger partial charge in [-0.1, -0.05) is 12.1 Å². The van der Waals surface area contributed by atoms with Crippen molar-refractivity contribution >= 4 is 11.6 Å². The summed E-state index contributed by atoms with van der Waals surface area (Å²) in [6, 6.07) is 7.48. The summed E-state index contributed by atoms with van der Waals surface area (Å²) in [6.07, 6.45) is 7.91. The number of carbonyl (C=O) groups is 1. The third kappa shape index (κ3) is 4.35. The van der Waals surface area contributed by atoms with Crippen LogP contribution in [0.5, 0.6) is 5.75 Å². The monoisotopic (exact) mass is 328 g/mol. The Morgan fingerprint density at radius 1 is 1.33 bits per heavy atom. The quantitative estimate of drug-likeness (QED) is 0.883. The predicted octanol–water partition coefficient (Wildman–Crippen LogP) is 2.24. The van der Waals surface area contributed by atoms with Crippen LogP contribution >= 0.6 is 0 Å². The first-order valence-corrected chi connectivity index (χ1v) is 8.35. The smallest absolute Gasteiger partial charge is 0.238 e. The number of ether oxygens (including phenoxy) is 1. The number of rotatable bonds is 6. The van der Waals surface area contributed by atoms with Crippen molar-refractivity contribution in [2.24, 2.45) is 5.92 Å². The summed E-state index contributed by atoms with van der Waals surface area (Å²) >= 11 is 0. The van der Waals surface area contributed by atoms with Crippen LogP contribution in [0.25, 0.3) is 0 Å². The van der Waals surface area contributed by atoms with E-state index >= 15 is 0 Å². The van der Waals surface area contributed by atoms with E-state index in [9.17, 15) is 4.79 Å². The third-order valence-electron chi connectivity index (χ3n) is 4.48. The van der Waals surface area contributed by atoms with Crippen molar-refractivity contribution in [1.29, 1.82) is 0 Å². The van der Waals surface area contributed by atoms with Crippen LogP contribution in [0.4, 0.5) is 5.69 Å². The van der Waals surface area contributed by atoms with E-state index in [2.05, 4.69) is 19.8 Å². The molecular formula is C18H24N4O2. The summed E-state index contributed by atoms with van der Waals surface area (Å²) in [5, 5.41) is 2.94. The van der Waals surface area contributed by atoms with Crippen molar-refractivity contribution in [1.82, 2.24) is 14.5 Å². The first kappa shape index (κ1) is 16.5. The van der Waals surface area contributed by atoms with Crippen molar-refractivity contribution in [3.63, 3.8) is 0 Å². The maximum atomic E-state index is 12.3. The van der Waals surface area contributed by atoms with Gasteiger partial charge in [-0.05, 0) is 44.0 Å². The molecule has 1 aromatic carbocycles. The molecule has 0 bridgehead atoms. The van der Waals surface area contributed by atoms with Crippen LogP contribution in [-0.4, -0.2) is 47.1 Å². The van der Waals surface area contributed by atoms with E-state index in [1.54, 1.807) is 7.11 Å². The van der Waals surface area contributed by atoms with Gasteiger partial charge in [-0.15, -0.1) is 0 Å². The van der Waals surface area contributed by atoms with Crippen LogP contribution < -0.4 is 10.1 Å². The van der Waals surface area contributed by atoms with Gasteiger partial charge >= 0.3 is 0 Å². The van der Waals surface area contributed by atoms with Gasteiger partial charge in [-0.3, -0.25) is 9.69 Å². The molecule has 1 aliphatic rings. The molecular weight excluding hydrogens is 304 g/mol. The summed E-state index contributed by atoms with van der Waals surface area (Å²) in [6.45, 7) is 3.36. The number of hydrogen-bond donors (Lipinski definition) is 1. The van der Waals surface area contributed by atoms with E-state index in [1.807, 2.05) is 43.0 Å². The van der Waals surface area contributed by atoms with Crippen molar-refractivity contribution in [3.05, 3.63) is 43.0 Å². The topological polar surface area (TPSA) is 59.4 Å². The summed E-state index contributed by atoms with van der Waals surface area (Å²) < 4.78 is 7.40. The molecule has 1 N–H and O–H groups in total. The Balaban J connectivity index is 1.44. The third-order valence-corrected chi connectivity index (χ3v) is 4.48. The number of methoxy groups -OCH3 is 1. The van der Waals surface area contributed by atoms with Gasteiger partial charge in [0.25, 0.3) is 0 Å². The van der Waals surface area contributed by atoms with E-state index in [0.717, 1.165) is 38.2 Å². The van der Waals surface area contributed by atoms with Crippen molar-refractivity contribution in [2.45, 2.75) is 19.4 Å². The number of benzene rings is 1. The molecule has 0 spiro atoms. The standard InChI is InChI=1S/C18H24N4O2/c1-24-17-5-3-2-4-16(17)20-18(23)13-21-9-6-15(7-10-21)12-22-11-8-19-14-22/h2-5,8,11,14-15H,6-7,9-10,12-13H2,1H3,(H,20,23). The number of hydrogen-bond acceptors (Lipinski definition) is 4. The Morgan fingerprint density at radius 3 is 2.83 bits per heavy atom. The van der Waals surface area contributed by atoms with Gasteiger partial charge in [0.2, 0.25) is 5.91 Å². The molecule has 1 amide bonds. The minimum Gasteiger partial charge on any atom is -0.495 e. The Labute approximate surface area is 142 Å². The number of anilines is 1. The van der Waals surface area contributed by atoms with Crippen molar-refractivity contribution < 1.29 is 9.53 Å². The number of aromatic nitrogens is 2. The largest absolute Gasteiger partial charge is 0.495 e. The molecule has 6 nitrogen and oxygen atoms in total. The SMILES string of the molecule is COc1ccccc1NC(=O)CN1CCC(Cn2ccnc2)CC1. The van der Waals surface area contributed by atoms with Gasteiger partial charge in [0.05, 0.1) is 25.7 Å². The highest BCUT2D eigenvalue weighted by atomic mass is 16.5. The number of nitrogens with zero attached hydrogens (tertiary/aromatic N) is 3. The number of nitrogens with one attached hydrogen (secondary N) is 1. The number of carbonyl (C=O) groups excluding carboxylic acids is 1. The van der Waals surface area contributed by atoms with Crippen molar-refractivity contribution in [2.75, 3.05) is 32.1 Å². The number of likely N-dealkylation sites (tertiary alicyclic amines) is 1. The Kier molecular flexibility index (Phi) is 5.48. The highest BCUT2D eigenvalue weighted by Gasteiger charge is 2.21. The van der Waals surface area contributed by atoms with Gasteiger partial charge in [0.15, 0.2) is 0 Å². The fourth-order valence-electron chi connectivity index (χ4n) is 3.16. The lowest BCUT2D eigenvalue weighted by Gasteiger charge is -2.31. The van der Waals surface area contributed by atoms with Crippen LogP contribution in [0.15, 0.2) is 43.0 Å². The maximum Gasteiger partial charge on any atom is 0.238 e. The van der Waals surface area contributed by atoms with Crippen molar-refractivity contribution in [3.8, 4) is 5.75 Å². The lowest BCUT2D eigenvalue weighted by Crippen LogP contribution is -2.39. The fourth-order valence-corrected chi connectivity index (χ4v) is 3.16. The summed E-state index contributed by atoms with van der Waals surface area (Å²) in [5.41, 5.74) is 0.722. The summed E-state index contributed by atoms with van der Waals surface area (Å²) in [7, 11) is 1.61. The van der Waals surface area contributed by atoms with Crippen LogP contribution in [0, 0.1) is 5.92 Å². The fraction of sp³-hybridized carbons (Fsp3) is 0.444. The molecule has 24 heavy (non-hydrogen) atoms. The molecule has 0 unspecified atom stereocenters. The molecule has 1 aromatic heterocycles. The second-order valence-corrected chi connectivity index (χ2v) is 6.23. The average molecular weight is 328 g/mol. The number of imidazole rings is 1. The normalized spacial score (nSPS) is 16.0. The predicted molar refractivity (Wildman–Crippen MR) is 93.0 cm³/mol. The first-order chi connectivity index (χ1) is 11.7. The molecule has 2 heterocycles. The molecule has 0 atom stereocenters. The second kappa shape index (κ2) is 7.97. The van der Waals surface area contributed by atoms with E-state index < -0.39 is 0 Å². The molecule has 128 valence electrons. The number of piperidine rings is 1. The average Bonchev–Trinajstić information content (AvgIpc) is 3.10. The van der Waals surface area contributed by atoms with Gasteiger partial charge in [-0.2, -0.15) is 0 Å². The molecule has 0 saturated carbocycles. The lowest BCUT2D eigenvalue weighted by atomic mass is 9.97. The van der Waals surface area contributed by atoms with Crippen LogP contribution in [0.2, 0.25) is 0 Å². The van der Waals surface area contributed by atoms with Crippen LogP contribution in [-0.2, 0) is 11.3 Å². The molecule has 0 radical (unpaired) electrons. The zero-order valence-electron chi connectivity index (χ0n) is 14.0. The molecule has 3 rings (SSSR count). The van der Waals surface area contributed by atoms with Gasteiger partial charge in [-0.25, -0.2) is 4.98 Å². The minimum atomic E-state index is 0.00700. The Morgan fingerprint density at radius 2 is 2.12 bits per heavy atom. The van der Waals surface area contributed by atoms with Crippen LogP contribution in [0.1, 0.15) is 12.8 Å².